The summed E-state index contributed by atoms with van der Waals surface area (Å²) in [7, 11) is 0. The number of benzene rings is 1. The molecule has 0 heterocycles. The van der Waals surface area contributed by atoms with Gasteiger partial charge in [0, 0.05) is 11.7 Å². The van der Waals surface area contributed by atoms with E-state index in [0.29, 0.717) is 11.3 Å². The molecule has 114 valence electrons. The van der Waals surface area contributed by atoms with E-state index in [1.54, 1.807) is 19.1 Å². The van der Waals surface area contributed by atoms with Gasteiger partial charge in [-0.05, 0) is 43.4 Å². The zero-order chi connectivity index (χ0) is 15.4. The maximum Gasteiger partial charge on any atom is 0.336 e. The molecule has 1 saturated carbocycles. The van der Waals surface area contributed by atoms with Crippen LogP contribution in [0.15, 0.2) is 18.2 Å². The van der Waals surface area contributed by atoms with Gasteiger partial charge in [-0.15, -0.1) is 0 Å². The molecule has 1 aliphatic rings. The molecule has 0 aliphatic heterocycles. The maximum atomic E-state index is 12.0. The van der Waals surface area contributed by atoms with Crippen LogP contribution in [-0.4, -0.2) is 23.1 Å². The number of carboxylic acid groups (broad SMARTS) is 1. The molecule has 5 heteroatoms. The highest BCUT2D eigenvalue weighted by Gasteiger charge is 2.25. The largest absolute Gasteiger partial charge is 0.478 e. The molecule has 2 rings (SSSR count). The third-order valence-corrected chi connectivity index (χ3v) is 3.96. The second kappa shape index (κ2) is 6.61. The number of hydrogen-bond donors (Lipinski definition) is 3. The first-order valence-electron chi connectivity index (χ1n) is 7.41. The SMILES string of the molecule is CCC(CC1CC1)NC(=O)Nc1cccc(C(=O)O)c1C. The topological polar surface area (TPSA) is 78.4 Å². The van der Waals surface area contributed by atoms with Crippen LogP contribution < -0.4 is 10.6 Å². The van der Waals surface area contributed by atoms with Gasteiger partial charge in [0.2, 0.25) is 0 Å². The number of carbonyl (C=O) groups excluding carboxylic acids is 1. The van der Waals surface area contributed by atoms with Crippen molar-refractivity contribution >= 4 is 17.7 Å². The van der Waals surface area contributed by atoms with Crippen molar-refractivity contribution in [1.29, 1.82) is 0 Å². The van der Waals surface area contributed by atoms with Gasteiger partial charge in [0.15, 0.2) is 0 Å². The summed E-state index contributed by atoms with van der Waals surface area (Å²) in [5, 5.41) is 14.8. The van der Waals surface area contributed by atoms with Crippen molar-refractivity contribution in [3.05, 3.63) is 29.3 Å². The van der Waals surface area contributed by atoms with Crippen LogP contribution in [0.1, 0.15) is 48.5 Å². The van der Waals surface area contributed by atoms with Crippen molar-refractivity contribution in [3.63, 3.8) is 0 Å². The quantitative estimate of drug-likeness (QED) is 0.751. The Labute approximate surface area is 124 Å². The van der Waals surface area contributed by atoms with Crippen molar-refractivity contribution in [2.45, 2.75) is 45.6 Å². The molecule has 0 spiro atoms. The summed E-state index contributed by atoms with van der Waals surface area (Å²) in [5.41, 5.74) is 1.31. The number of rotatable bonds is 6. The summed E-state index contributed by atoms with van der Waals surface area (Å²) >= 11 is 0. The predicted octanol–water partition coefficient (Wildman–Crippen LogP) is 3.39. The van der Waals surface area contributed by atoms with E-state index in [2.05, 4.69) is 17.6 Å². The van der Waals surface area contributed by atoms with Gasteiger partial charge in [-0.25, -0.2) is 9.59 Å². The fraction of sp³-hybridized carbons (Fsp3) is 0.500. The standard InChI is InChI=1S/C16H22N2O3/c1-3-12(9-11-7-8-11)17-16(21)18-14-6-4-5-13(10(14)2)15(19)20/h4-6,11-12H,3,7-9H2,1-2H3,(H,19,20)(H2,17,18,21). The molecule has 1 atom stereocenters. The Hall–Kier alpha value is -2.04. The molecule has 5 nitrogen and oxygen atoms in total. The van der Waals surface area contributed by atoms with Crippen LogP contribution >= 0.6 is 0 Å². The Morgan fingerprint density at radius 1 is 1.38 bits per heavy atom. The van der Waals surface area contributed by atoms with E-state index < -0.39 is 5.97 Å². The maximum absolute atomic E-state index is 12.0. The number of carboxylic acids is 1. The van der Waals surface area contributed by atoms with Gasteiger partial charge in [0.05, 0.1) is 5.56 Å². The zero-order valence-electron chi connectivity index (χ0n) is 12.5. The Morgan fingerprint density at radius 2 is 2.10 bits per heavy atom. The molecule has 0 radical (unpaired) electrons. The molecule has 0 bridgehead atoms. The minimum Gasteiger partial charge on any atom is -0.478 e. The van der Waals surface area contributed by atoms with Crippen LogP contribution in [0.5, 0.6) is 0 Å². The lowest BCUT2D eigenvalue weighted by atomic mass is 10.1. The normalized spacial score (nSPS) is 15.3. The molecule has 0 aromatic heterocycles. The fourth-order valence-corrected chi connectivity index (χ4v) is 2.43. The second-order valence-electron chi connectivity index (χ2n) is 5.67. The van der Waals surface area contributed by atoms with E-state index >= 15 is 0 Å². The fourth-order valence-electron chi connectivity index (χ4n) is 2.43. The highest BCUT2D eigenvalue weighted by Crippen LogP contribution is 2.34. The first-order chi connectivity index (χ1) is 10.0. The number of amides is 2. The summed E-state index contributed by atoms with van der Waals surface area (Å²) in [6, 6.07) is 4.79. The third kappa shape index (κ3) is 4.21. The highest BCUT2D eigenvalue weighted by molar-refractivity contribution is 5.95. The molecule has 0 saturated heterocycles. The van der Waals surface area contributed by atoms with Crippen molar-refractivity contribution in [2.24, 2.45) is 5.92 Å². The summed E-state index contributed by atoms with van der Waals surface area (Å²) in [6.07, 6.45) is 4.45. The number of hydrogen-bond acceptors (Lipinski definition) is 2. The summed E-state index contributed by atoms with van der Waals surface area (Å²) in [5.74, 6) is -0.232. The Kier molecular flexibility index (Phi) is 4.83. The highest BCUT2D eigenvalue weighted by atomic mass is 16.4. The van der Waals surface area contributed by atoms with Gasteiger partial charge in [0.1, 0.15) is 0 Å². The molecular formula is C16H22N2O3. The van der Waals surface area contributed by atoms with Crippen molar-refractivity contribution < 1.29 is 14.7 Å². The van der Waals surface area contributed by atoms with Crippen LogP contribution in [0, 0.1) is 12.8 Å². The smallest absolute Gasteiger partial charge is 0.336 e. The molecule has 1 fully saturated rings. The summed E-state index contributed by atoms with van der Waals surface area (Å²) < 4.78 is 0. The van der Waals surface area contributed by atoms with Gasteiger partial charge in [-0.2, -0.15) is 0 Å². The summed E-state index contributed by atoms with van der Waals surface area (Å²) in [4.78, 5) is 23.1. The molecular weight excluding hydrogens is 268 g/mol. The van der Waals surface area contributed by atoms with Crippen LogP contribution in [0.4, 0.5) is 10.5 Å². The molecule has 1 aromatic carbocycles. The van der Waals surface area contributed by atoms with E-state index in [1.807, 2.05) is 0 Å². The van der Waals surface area contributed by atoms with E-state index in [4.69, 9.17) is 5.11 Å². The Morgan fingerprint density at radius 3 is 2.67 bits per heavy atom. The molecule has 2 amide bonds. The number of carbonyl (C=O) groups is 2. The second-order valence-corrected chi connectivity index (χ2v) is 5.67. The van der Waals surface area contributed by atoms with Gasteiger partial charge in [-0.3, -0.25) is 0 Å². The van der Waals surface area contributed by atoms with Crippen molar-refractivity contribution in [3.8, 4) is 0 Å². The monoisotopic (exact) mass is 290 g/mol. The first-order valence-corrected chi connectivity index (χ1v) is 7.41. The predicted molar refractivity (Wildman–Crippen MR) is 81.7 cm³/mol. The Bertz CT molecular complexity index is 538. The number of nitrogens with one attached hydrogen (secondary N) is 2. The van der Waals surface area contributed by atoms with E-state index in [0.717, 1.165) is 18.8 Å². The number of aromatic carboxylic acids is 1. The number of urea groups is 1. The molecule has 1 unspecified atom stereocenters. The third-order valence-electron chi connectivity index (χ3n) is 3.96. The molecule has 3 N–H and O–H groups in total. The van der Waals surface area contributed by atoms with Gasteiger partial charge in [-0.1, -0.05) is 25.8 Å². The first kappa shape index (κ1) is 15.4. The van der Waals surface area contributed by atoms with E-state index in [9.17, 15) is 9.59 Å². The van der Waals surface area contributed by atoms with E-state index in [1.165, 1.54) is 18.9 Å². The molecule has 21 heavy (non-hydrogen) atoms. The average molecular weight is 290 g/mol. The number of anilines is 1. The summed E-state index contributed by atoms with van der Waals surface area (Å²) in [6.45, 7) is 3.75. The van der Waals surface area contributed by atoms with Crippen LogP contribution in [0.25, 0.3) is 0 Å². The molecule has 1 aromatic rings. The molecule has 1 aliphatic carbocycles. The van der Waals surface area contributed by atoms with Gasteiger partial charge >= 0.3 is 12.0 Å². The minimum absolute atomic E-state index is 0.181. The van der Waals surface area contributed by atoms with Crippen LogP contribution in [0.2, 0.25) is 0 Å². The lowest BCUT2D eigenvalue weighted by Crippen LogP contribution is -2.38. The minimum atomic E-state index is -0.989. The lowest BCUT2D eigenvalue weighted by molar-refractivity contribution is 0.0696. The van der Waals surface area contributed by atoms with Crippen LogP contribution in [-0.2, 0) is 0 Å². The van der Waals surface area contributed by atoms with E-state index in [-0.39, 0.29) is 17.6 Å². The van der Waals surface area contributed by atoms with Crippen LogP contribution in [0.3, 0.4) is 0 Å². The lowest BCUT2D eigenvalue weighted by Gasteiger charge is -2.18. The average Bonchev–Trinajstić information content (AvgIpc) is 3.24. The van der Waals surface area contributed by atoms with Crippen molar-refractivity contribution in [2.75, 3.05) is 5.32 Å². The Balaban J connectivity index is 1.98. The van der Waals surface area contributed by atoms with Crippen molar-refractivity contribution in [1.82, 2.24) is 5.32 Å². The van der Waals surface area contributed by atoms with Gasteiger partial charge in [0.25, 0.3) is 0 Å². The van der Waals surface area contributed by atoms with Gasteiger partial charge < -0.3 is 15.7 Å². The zero-order valence-corrected chi connectivity index (χ0v) is 12.5.